The summed E-state index contributed by atoms with van der Waals surface area (Å²) in [6.45, 7) is 6.99. The van der Waals surface area contributed by atoms with Crippen LogP contribution in [-0.2, 0) is 6.61 Å². The van der Waals surface area contributed by atoms with Gasteiger partial charge in [-0.25, -0.2) is 0 Å². The van der Waals surface area contributed by atoms with Crippen LogP contribution in [0.3, 0.4) is 0 Å². The van der Waals surface area contributed by atoms with Crippen molar-refractivity contribution in [1.82, 2.24) is 5.32 Å². The van der Waals surface area contributed by atoms with Gasteiger partial charge in [-0.15, -0.1) is 0 Å². The van der Waals surface area contributed by atoms with Gasteiger partial charge in [0.2, 0.25) is 0 Å². The maximum absolute atomic E-state index is 5.85. The van der Waals surface area contributed by atoms with Gasteiger partial charge in [-0.05, 0) is 51.1 Å². The molecule has 2 aromatic carbocycles. The molecule has 0 heterocycles. The van der Waals surface area contributed by atoms with E-state index in [1.165, 1.54) is 22.3 Å². The molecule has 0 amide bonds. The van der Waals surface area contributed by atoms with Crippen molar-refractivity contribution in [2.75, 3.05) is 7.05 Å². The van der Waals surface area contributed by atoms with Gasteiger partial charge in [-0.2, -0.15) is 0 Å². The zero-order valence-corrected chi connectivity index (χ0v) is 12.7. The summed E-state index contributed by atoms with van der Waals surface area (Å²) < 4.78 is 5.85. The summed E-state index contributed by atoms with van der Waals surface area (Å²) in [7, 11) is 1.97. The molecule has 1 N–H and O–H groups in total. The third-order valence-electron chi connectivity index (χ3n) is 3.50. The average molecular weight is 269 g/mol. The Bertz CT molecular complexity index is 540. The summed E-state index contributed by atoms with van der Waals surface area (Å²) in [5.74, 6) is 0.913. The maximum atomic E-state index is 5.85. The molecule has 0 saturated carbocycles. The molecule has 0 bridgehead atoms. The van der Waals surface area contributed by atoms with E-state index in [0.29, 0.717) is 12.6 Å². The normalized spacial score (nSPS) is 12.2. The number of ether oxygens (including phenoxy) is 1. The van der Waals surface area contributed by atoms with E-state index in [2.05, 4.69) is 56.4 Å². The molecule has 0 aliphatic carbocycles. The molecule has 2 nitrogen and oxygen atoms in total. The van der Waals surface area contributed by atoms with E-state index in [0.717, 1.165) is 5.75 Å². The lowest BCUT2D eigenvalue weighted by Gasteiger charge is -2.12. The number of benzene rings is 2. The average Bonchev–Trinajstić information content (AvgIpc) is 2.44. The molecule has 0 aromatic heterocycles. The molecule has 20 heavy (non-hydrogen) atoms. The number of hydrogen-bond donors (Lipinski definition) is 1. The fraction of sp³-hybridized carbons (Fsp3) is 0.333. The van der Waals surface area contributed by atoms with Gasteiger partial charge in [0.25, 0.3) is 0 Å². The quantitative estimate of drug-likeness (QED) is 0.880. The highest BCUT2D eigenvalue weighted by atomic mass is 16.5. The fourth-order valence-electron chi connectivity index (χ4n) is 2.34. The van der Waals surface area contributed by atoms with Gasteiger partial charge in [-0.3, -0.25) is 0 Å². The Hall–Kier alpha value is -1.80. The molecule has 1 unspecified atom stereocenters. The van der Waals surface area contributed by atoms with Crippen LogP contribution in [0, 0.1) is 13.8 Å². The van der Waals surface area contributed by atoms with Crippen LogP contribution in [0.1, 0.15) is 35.2 Å². The van der Waals surface area contributed by atoms with Gasteiger partial charge < -0.3 is 10.1 Å². The topological polar surface area (TPSA) is 21.3 Å². The van der Waals surface area contributed by atoms with E-state index in [1.807, 2.05) is 19.2 Å². The third kappa shape index (κ3) is 3.84. The summed E-state index contributed by atoms with van der Waals surface area (Å²) in [6.07, 6.45) is 0. The Morgan fingerprint density at radius 3 is 2.15 bits per heavy atom. The van der Waals surface area contributed by atoms with Crippen molar-refractivity contribution in [2.45, 2.75) is 33.4 Å². The molecule has 2 rings (SSSR count). The molecule has 2 aromatic rings. The molecule has 0 saturated heterocycles. The first-order chi connectivity index (χ1) is 9.58. The molecule has 0 aliphatic rings. The molecule has 0 spiro atoms. The van der Waals surface area contributed by atoms with Crippen LogP contribution in [0.25, 0.3) is 0 Å². The first-order valence-corrected chi connectivity index (χ1v) is 7.05. The second kappa shape index (κ2) is 6.58. The van der Waals surface area contributed by atoms with Crippen molar-refractivity contribution < 1.29 is 4.74 Å². The van der Waals surface area contributed by atoms with Crippen molar-refractivity contribution in [3.8, 4) is 5.75 Å². The minimum absolute atomic E-state index is 0.364. The first kappa shape index (κ1) is 14.6. The van der Waals surface area contributed by atoms with Crippen molar-refractivity contribution in [2.24, 2.45) is 0 Å². The molecule has 0 fully saturated rings. The van der Waals surface area contributed by atoms with Gasteiger partial charge in [0, 0.05) is 6.04 Å². The molecular weight excluding hydrogens is 246 g/mol. The van der Waals surface area contributed by atoms with Crippen molar-refractivity contribution >= 4 is 0 Å². The van der Waals surface area contributed by atoms with Gasteiger partial charge in [0.1, 0.15) is 12.4 Å². The predicted molar refractivity (Wildman–Crippen MR) is 84.2 cm³/mol. The second-order valence-corrected chi connectivity index (χ2v) is 5.36. The number of hydrogen-bond acceptors (Lipinski definition) is 2. The molecule has 0 radical (unpaired) electrons. The first-order valence-electron chi connectivity index (χ1n) is 7.05. The summed E-state index contributed by atoms with van der Waals surface area (Å²) in [4.78, 5) is 0. The van der Waals surface area contributed by atoms with E-state index >= 15 is 0 Å². The molecule has 2 heteroatoms. The lowest BCUT2D eigenvalue weighted by Crippen LogP contribution is -2.11. The highest BCUT2D eigenvalue weighted by Gasteiger charge is 2.03. The third-order valence-corrected chi connectivity index (χ3v) is 3.50. The summed E-state index contributed by atoms with van der Waals surface area (Å²) >= 11 is 0. The maximum Gasteiger partial charge on any atom is 0.119 e. The van der Waals surface area contributed by atoms with Crippen LogP contribution < -0.4 is 10.1 Å². The lowest BCUT2D eigenvalue weighted by atomic mass is 10.1. The summed E-state index contributed by atoms with van der Waals surface area (Å²) in [5, 5.41) is 3.23. The summed E-state index contributed by atoms with van der Waals surface area (Å²) in [5.41, 5.74) is 5.05. The van der Waals surface area contributed by atoms with Gasteiger partial charge >= 0.3 is 0 Å². The van der Waals surface area contributed by atoms with E-state index in [-0.39, 0.29) is 0 Å². The van der Waals surface area contributed by atoms with E-state index in [4.69, 9.17) is 4.74 Å². The zero-order valence-electron chi connectivity index (χ0n) is 12.7. The second-order valence-electron chi connectivity index (χ2n) is 5.36. The highest BCUT2D eigenvalue weighted by Crippen LogP contribution is 2.19. The van der Waals surface area contributed by atoms with Gasteiger partial charge in [0.05, 0.1) is 0 Å². The van der Waals surface area contributed by atoms with Crippen LogP contribution >= 0.6 is 0 Å². The van der Waals surface area contributed by atoms with Gasteiger partial charge in [-0.1, -0.05) is 41.5 Å². The Labute approximate surface area is 121 Å². The smallest absolute Gasteiger partial charge is 0.119 e. The minimum Gasteiger partial charge on any atom is -0.489 e. The molecule has 0 aliphatic heterocycles. The van der Waals surface area contributed by atoms with Crippen molar-refractivity contribution in [1.29, 1.82) is 0 Å². The monoisotopic (exact) mass is 269 g/mol. The largest absolute Gasteiger partial charge is 0.489 e. The number of rotatable bonds is 5. The summed E-state index contributed by atoms with van der Waals surface area (Å²) in [6, 6.07) is 15.2. The molecule has 106 valence electrons. The fourth-order valence-corrected chi connectivity index (χ4v) is 2.34. The van der Waals surface area contributed by atoms with E-state index in [9.17, 15) is 0 Å². The Kier molecular flexibility index (Phi) is 4.80. The van der Waals surface area contributed by atoms with Crippen LogP contribution in [-0.4, -0.2) is 7.05 Å². The predicted octanol–water partition coefficient (Wildman–Crippen LogP) is 4.16. The Morgan fingerprint density at radius 1 is 1.00 bits per heavy atom. The highest BCUT2D eigenvalue weighted by molar-refractivity contribution is 5.31. The molecular formula is C18H23NO. The van der Waals surface area contributed by atoms with E-state index < -0.39 is 0 Å². The van der Waals surface area contributed by atoms with Gasteiger partial charge in [0.15, 0.2) is 0 Å². The van der Waals surface area contributed by atoms with Crippen LogP contribution in [0.5, 0.6) is 5.75 Å². The van der Waals surface area contributed by atoms with Crippen molar-refractivity contribution in [3.63, 3.8) is 0 Å². The Balaban J connectivity index is 2.00. The van der Waals surface area contributed by atoms with Crippen LogP contribution in [0.4, 0.5) is 0 Å². The van der Waals surface area contributed by atoms with Crippen LogP contribution in [0.2, 0.25) is 0 Å². The van der Waals surface area contributed by atoms with Crippen LogP contribution in [0.15, 0.2) is 42.5 Å². The van der Waals surface area contributed by atoms with Crippen molar-refractivity contribution in [3.05, 3.63) is 64.7 Å². The number of nitrogens with one attached hydrogen (secondary N) is 1. The standard InChI is InChI=1S/C18H23NO/c1-13-9-14(2)11-16(10-13)12-20-18-7-5-17(6-8-18)15(3)19-4/h5-11,15,19H,12H2,1-4H3. The molecule has 1 atom stereocenters. The zero-order chi connectivity index (χ0) is 14.5. The number of aryl methyl sites for hydroxylation is 2. The minimum atomic E-state index is 0.364. The Morgan fingerprint density at radius 2 is 1.60 bits per heavy atom. The van der Waals surface area contributed by atoms with E-state index in [1.54, 1.807) is 0 Å². The lowest BCUT2D eigenvalue weighted by molar-refractivity contribution is 0.306. The SMILES string of the molecule is CNC(C)c1ccc(OCc2cc(C)cc(C)c2)cc1.